The van der Waals surface area contributed by atoms with Crippen LogP contribution in [0.2, 0.25) is 0 Å². The molecule has 0 saturated carbocycles. The molecule has 4 rings (SSSR count). The van der Waals surface area contributed by atoms with Gasteiger partial charge in [-0.3, -0.25) is 0 Å². The van der Waals surface area contributed by atoms with Crippen LogP contribution in [0.15, 0.2) is 48.5 Å². The van der Waals surface area contributed by atoms with Crippen molar-refractivity contribution in [2.24, 2.45) is 0 Å². The summed E-state index contributed by atoms with van der Waals surface area (Å²) >= 11 is 0. The van der Waals surface area contributed by atoms with E-state index in [1.807, 2.05) is 0 Å². The highest BCUT2D eigenvalue weighted by Crippen LogP contribution is 2.30. The quantitative estimate of drug-likeness (QED) is 0.694. The van der Waals surface area contributed by atoms with Crippen molar-refractivity contribution in [1.29, 1.82) is 0 Å². The summed E-state index contributed by atoms with van der Waals surface area (Å²) in [5.41, 5.74) is 7.27. The maximum atomic E-state index is 2.58. The molecule has 1 aliphatic heterocycles. The molecule has 0 saturated heterocycles. The molecule has 3 aromatic rings. The number of aryl methyl sites for hydroxylation is 1. The SMILES string of the molecule is CCN1CCc2c(n(Cc3ccccc3)c3cc(C)ccc23)CC1. The van der Waals surface area contributed by atoms with Gasteiger partial charge in [-0.25, -0.2) is 0 Å². The highest BCUT2D eigenvalue weighted by atomic mass is 15.1. The zero-order chi connectivity index (χ0) is 16.5. The Hall–Kier alpha value is -2.06. The van der Waals surface area contributed by atoms with Gasteiger partial charge >= 0.3 is 0 Å². The summed E-state index contributed by atoms with van der Waals surface area (Å²) in [4.78, 5) is 2.58. The number of benzene rings is 2. The number of aromatic nitrogens is 1. The van der Waals surface area contributed by atoms with Crippen LogP contribution >= 0.6 is 0 Å². The third-order valence-electron chi connectivity index (χ3n) is 5.42. The van der Waals surface area contributed by atoms with Crippen molar-refractivity contribution in [2.45, 2.75) is 33.2 Å². The minimum Gasteiger partial charge on any atom is -0.340 e. The van der Waals surface area contributed by atoms with E-state index < -0.39 is 0 Å². The van der Waals surface area contributed by atoms with Gasteiger partial charge in [0.15, 0.2) is 0 Å². The summed E-state index contributed by atoms with van der Waals surface area (Å²) in [7, 11) is 0. The van der Waals surface area contributed by atoms with Crippen LogP contribution in [0, 0.1) is 6.92 Å². The van der Waals surface area contributed by atoms with Crippen LogP contribution in [0.3, 0.4) is 0 Å². The van der Waals surface area contributed by atoms with Gasteiger partial charge in [0.2, 0.25) is 0 Å². The molecule has 0 aliphatic carbocycles. The van der Waals surface area contributed by atoms with Crippen molar-refractivity contribution in [3.63, 3.8) is 0 Å². The fraction of sp³-hybridized carbons (Fsp3) is 0.364. The van der Waals surface area contributed by atoms with E-state index in [4.69, 9.17) is 0 Å². The van der Waals surface area contributed by atoms with Gasteiger partial charge in [0, 0.05) is 42.7 Å². The van der Waals surface area contributed by atoms with E-state index in [0.29, 0.717) is 0 Å². The lowest BCUT2D eigenvalue weighted by molar-refractivity contribution is 0.302. The first-order valence-electron chi connectivity index (χ1n) is 9.13. The Labute approximate surface area is 144 Å². The Kier molecular flexibility index (Phi) is 4.15. The average molecular weight is 318 g/mol. The van der Waals surface area contributed by atoms with Gasteiger partial charge in [-0.2, -0.15) is 0 Å². The van der Waals surface area contributed by atoms with Gasteiger partial charge in [0.05, 0.1) is 0 Å². The smallest absolute Gasteiger partial charge is 0.0491 e. The third kappa shape index (κ3) is 2.76. The summed E-state index contributed by atoms with van der Waals surface area (Å²) in [6.45, 7) is 8.95. The molecule has 1 aliphatic rings. The average Bonchev–Trinajstić information content (AvgIpc) is 2.76. The summed E-state index contributed by atoms with van der Waals surface area (Å²) in [5.74, 6) is 0. The van der Waals surface area contributed by atoms with E-state index in [-0.39, 0.29) is 0 Å². The Morgan fingerprint density at radius 2 is 1.75 bits per heavy atom. The number of hydrogen-bond acceptors (Lipinski definition) is 1. The maximum absolute atomic E-state index is 2.58. The van der Waals surface area contributed by atoms with E-state index in [1.165, 1.54) is 41.5 Å². The van der Waals surface area contributed by atoms with Gasteiger partial charge in [0.1, 0.15) is 0 Å². The number of likely N-dealkylation sites (N-methyl/N-ethyl adjacent to an activating group) is 1. The van der Waals surface area contributed by atoms with Crippen LogP contribution in [0.5, 0.6) is 0 Å². The zero-order valence-electron chi connectivity index (χ0n) is 14.8. The molecular weight excluding hydrogens is 292 g/mol. The molecule has 1 aromatic heterocycles. The molecule has 2 heteroatoms. The largest absolute Gasteiger partial charge is 0.340 e. The normalized spacial score (nSPS) is 15.4. The summed E-state index contributed by atoms with van der Waals surface area (Å²) < 4.78 is 2.58. The maximum Gasteiger partial charge on any atom is 0.0491 e. The molecule has 0 radical (unpaired) electrons. The predicted molar refractivity (Wildman–Crippen MR) is 102 cm³/mol. The molecule has 0 fully saturated rings. The number of nitrogens with zero attached hydrogens (tertiary/aromatic N) is 2. The van der Waals surface area contributed by atoms with E-state index >= 15 is 0 Å². The number of hydrogen-bond donors (Lipinski definition) is 0. The van der Waals surface area contributed by atoms with Gasteiger partial charge < -0.3 is 9.47 Å². The topological polar surface area (TPSA) is 8.17 Å². The lowest BCUT2D eigenvalue weighted by Crippen LogP contribution is -2.26. The van der Waals surface area contributed by atoms with Crippen molar-refractivity contribution in [3.8, 4) is 0 Å². The van der Waals surface area contributed by atoms with Crippen molar-refractivity contribution >= 4 is 10.9 Å². The minimum absolute atomic E-state index is 0.974. The first kappa shape index (κ1) is 15.5. The molecule has 0 bridgehead atoms. The van der Waals surface area contributed by atoms with E-state index in [2.05, 4.69) is 71.8 Å². The fourth-order valence-electron chi connectivity index (χ4n) is 4.06. The van der Waals surface area contributed by atoms with Crippen molar-refractivity contribution in [3.05, 3.63) is 70.9 Å². The molecule has 0 unspecified atom stereocenters. The molecule has 0 atom stereocenters. The lowest BCUT2D eigenvalue weighted by Gasteiger charge is -2.17. The minimum atomic E-state index is 0.974. The number of fused-ring (bicyclic) bond motifs is 3. The van der Waals surface area contributed by atoms with Gasteiger partial charge in [0.25, 0.3) is 0 Å². The van der Waals surface area contributed by atoms with E-state index in [0.717, 1.165) is 19.5 Å². The Morgan fingerprint density at radius 3 is 2.54 bits per heavy atom. The van der Waals surface area contributed by atoms with E-state index in [1.54, 1.807) is 11.3 Å². The first-order valence-corrected chi connectivity index (χ1v) is 9.13. The molecule has 0 N–H and O–H groups in total. The standard InChI is InChI=1S/C22H26N2/c1-3-23-13-11-20-19-10-9-17(2)15-22(19)24(21(20)12-14-23)16-18-7-5-4-6-8-18/h4-10,15H,3,11-14,16H2,1-2H3. The monoisotopic (exact) mass is 318 g/mol. The molecule has 2 heterocycles. The zero-order valence-corrected chi connectivity index (χ0v) is 14.8. The third-order valence-corrected chi connectivity index (χ3v) is 5.42. The van der Waals surface area contributed by atoms with Crippen LogP contribution in [0.4, 0.5) is 0 Å². The Balaban J connectivity index is 1.85. The van der Waals surface area contributed by atoms with Crippen molar-refractivity contribution in [1.82, 2.24) is 9.47 Å². The van der Waals surface area contributed by atoms with Crippen LogP contribution in [0.1, 0.15) is 29.3 Å². The highest BCUT2D eigenvalue weighted by molar-refractivity contribution is 5.86. The second-order valence-corrected chi connectivity index (χ2v) is 6.95. The van der Waals surface area contributed by atoms with Crippen molar-refractivity contribution < 1.29 is 0 Å². The van der Waals surface area contributed by atoms with Gasteiger partial charge in [-0.1, -0.05) is 49.4 Å². The molecule has 2 aromatic carbocycles. The Morgan fingerprint density at radius 1 is 0.958 bits per heavy atom. The van der Waals surface area contributed by atoms with Crippen LogP contribution < -0.4 is 0 Å². The van der Waals surface area contributed by atoms with Gasteiger partial charge in [-0.15, -0.1) is 0 Å². The molecular formula is C22H26N2. The van der Waals surface area contributed by atoms with Gasteiger partial charge in [-0.05, 0) is 42.6 Å². The highest BCUT2D eigenvalue weighted by Gasteiger charge is 2.21. The van der Waals surface area contributed by atoms with Crippen LogP contribution in [0.25, 0.3) is 10.9 Å². The van der Waals surface area contributed by atoms with Crippen LogP contribution in [-0.4, -0.2) is 29.1 Å². The number of rotatable bonds is 3. The second-order valence-electron chi connectivity index (χ2n) is 6.95. The molecule has 24 heavy (non-hydrogen) atoms. The van der Waals surface area contributed by atoms with Crippen LogP contribution in [-0.2, 0) is 19.4 Å². The molecule has 0 amide bonds. The summed E-state index contributed by atoms with van der Waals surface area (Å²) in [6.07, 6.45) is 2.33. The lowest BCUT2D eigenvalue weighted by atomic mass is 10.1. The Bertz CT molecular complexity index is 845. The fourth-order valence-corrected chi connectivity index (χ4v) is 4.06. The summed E-state index contributed by atoms with van der Waals surface area (Å²) in [5, 5.41) is 1.46. The second kappa shape index (κ2) is 6.45. The molecule has 0 spiro atoms. The first-order chi connectivity index (χ1) is 11.8. The van der Waals surface area contributed by atoms with E-state index in [9.17, 15) is 0 Å². The van der Waals surface area contributed by atoms with Crippen molar-refractivity contribution in [2.75, 3.05) is 19.6 Å². The molecule has 124 valence electrons. The predicted octanol–water partition coefficient (Wildman–Crippen LogP) is 4.42. The molecule has 2 nitrogen and oxygen atoms in total. The summed E-state index contributed by atoms with van der Waals surface area (Å²) in [6, 6.07) is 17.8.